The van der Waals surface area contributed by atoms with Gasteiger partial charge >= 0.3 is 0 Å². The van der Waals surface area contributed by atoms with E-state index in [2.05, 4.69) is 10.0 Å². The van der Waals surface area contributed by atoms with Gasteiger partial charge in [0, 0.05) is 10.6 Å². The number of carbonyl (C=O) groups excluding carboxylic acids is 1. The summed E-state index contributed by atoms with van der Waals surface area (Å²) in [6.07, 6.45) is 3.21. The maximum absolute atomic E-state index is 12.9. The Bertz CT molecular complexity index is 957. The summed E-state index contributed by atoms with van der Waals surface area (Å²) < 4.78 is 31.9. The molecule has 2 aromatic carbocycles. The van der Waals surface area contributed by atoms with Crippen LogP contribution in [-0.2, 0) is 10.0 Å². The van der Waals surface area contributed by atoms with Crippen LogP contribution in [0.15, 0.2) is 47.4 Å². The molecule has 2 N–H and O–H groups in total. The quantitative estimate of drug-likeness (QED) is 0.714. The molecule has 1 unspecified atom stereocenters. The molecule has 1 aliphatic rings. The number of nitrogens with one attached hydrogen (secondary N) is 2. The summed E-state index contributed by atoms with van der Waals surface area (Å²) in [6, 6.07) is 11.7. The van der Waals surface area contributed by atoms with Gasteiger partial charge in [0.1, 0.15) is 10.6 Å². The van der Waals surface area contributed by atoms with E-state index < -0.39 is 10.0 Å². The minimum Gasteiger partial charge on any atom is -0.495 e. The summed E-state index contributed by atoms with van der Waals surface area (Å²) >= 11 is 5.99. The van der Waals surface area contributed by atoms with Crippen molar-refractivity contribution in [3.05, 3.63) is 58.6 Å². The second kappa shape index (κ2) is 8.51. The number of hydrogen-bond donors (Lipinski definition) is 2. The zero-order valence-electron chi connectivity index (χ0n) is 15.7. The van der Waals surface area contributed by atoms with Crippen LogP contribution in [0.4, 0.5) is 0 Å². The molecule has 0 heterocycles. The minimum absolute atomic E-state index is 0.0724. The molecule has 0 aliphatic heterocycles. The summed E-state index contributed by atoms with van der Waals surface area (Å²) in [5.41, 5.74) is 1.24. The van der Waals surface area contributed by atoms with E-state index in [0.717, 1.165) is 24.8 Å². The maximum atomic E-state index is 12.9. The zero-order chi connectivity index (χ0) is 20.3. The third-order valence-electron chi connectivity index (χ3n) is 5.12. The molecule has 0 radical (unpaired) electrons. The third-order valence-corrected chi connectivity index (χ3v) is 6.81. The Hall–Kier alpha value is -2.09. The van der Waals surface area contributed by atoms with Crippen LogP contribution in [0.5, 0.6) is 5.75 Å². The van der Waals surface area contributed by atoms with Crippen LogP contribution in [0.3, 0.4) is 0 Å². The van der Waals surface area contributed by atoms with Crippen LogP contribution in [0.25, 0.3) is 0 Å². The van der Waals surface area contributed by atoms with Gasteiger partial charge in [0.25, 0.3) is 5.91 Å². The largest absolute Gasteiger partial charge is 0.495 e. The van der Waals surface area contributed by atoms with Crippen molar-refractivity contribution in [1.82, 2.24) is 10.0 Å². The van der Waals surface area contributed by atoms with Gasteiger partial charge in [-0.1, -0.05) is 30.2 Å². The van der Waals surface area contributed by atoms with Crippen molar-refractivity contribution >= 4 is 27.5 Å². The van der Waals surface area contributed by atoms with Gasteiger partial charge in [-0.2, -0.15) is 0 Å². The smallest absolute Gasteiger partial charge is 0.251 e. The minimum atomic E-state index is -3.76. The number of carbonyl (C=O) groups is 1. The molecular formula is C20H23ClN2O4S. The fourth-order valence-corrected chi connectivity index (χ4v) is 4.32. The second-order valence-electron chi connectivity index (χ2n) is 6.77. The Balaban J connectivity index is 1.90. The average Bonchev–Trinajstić information content (AvgIpc) is 2.66. The highest BCUT2D eigenvalue weighted by Crippen LogP contribution is 2.38. The molecule has 1 saturated carbocycles. The standard InChI is InChI=1S/C20H23ClN2O4S/c1-22-28(25,26)18-12-15(8-11-17(18)27-2)20(24)23-19(13-4-3-5-13)14-6-9-16(21)10-7-14/h6-13,19,22H,3-5H2,1-2H3,(H,23,24). The zero-order valence-corrected chi connectivity index (χ0v) is 17.3. The fraction of sp³-hybridized carbons (Fsp3) is 0.350. The Morgan fingerprint density at radius 3 is 2.39 bits per heavy atom. The summed E-state index contributed by atoms with van der Waals surface area (Å²) in [7, 11) is -1.06. The number of benzene rings is 2. The summed E-state index contributed by atoms with van der Waals surface area (Å²) in [6.45, 7) is 0. The molecule has 0 aromatic heterocycles. The Morgan fingerprint density at radius 1 is 1.18 bits per heavy atom. The van der Waals surface area contributed by atoms with Crippen LogP contribution in [0, 0.1) is 5.92 Å². The van der Waals surface area contributed by atoms with E-state index in [1.807, 2.05) is 12.1 Å². The number of halogens is 1. The lowest BCUT2D eigenvalue weighted by Gasteiger charge is -2.34. The molecule has 3 rings (SSSR count). The first-order valence-electron chi connectivity index (χ1n) is 9.03. The van der Waals surface area contributed by atoms with Crippen molar-refractivity contribution in [1.29, 1.82) is 0 Å². The van der Waals surface area contributed by atoms with E-state index in [0.29, 0.717) is 10.9 Å². The molecule has 28 heavy (non-hydrogen) atoms. The molecule has 1 aliphatic carbocycles. The van der Waals surface area contributed by atoms with E-state index >= 15 is 0 Å². The predicted octanol–water partition coefficient (Wildman–Crippen LogP) is 3.53. The lowest BCUT2D eigenvalue weighted by Crippen LogP contribution is -2.36. The van der Waals surface area contributed by atoms with Gasteiger partial charge in [-0.25, -0.2) is 13.1 Å². The average molecular weight is 423 g/mol. The van der Waals surface area contributed by atoms with E-state index in [1.54, 1.807) is 18.2 Å². The molecule has 8 heteroatoms. The van der Waals surface area contributed by atoms with Gasteiger partial charge in [-0.05, 0) is 61.7 Å². The van der Waals surface area contributed by atoms with Gasteiger partial charge in [-0.15, -0.1) is 0 Å². The van der Waals surface area contributed by atoms with Crippen LogP contribution in [0.2, 0.25) is 5.02 Å². The first-order valence-corrected chi connectivity index (χ1v) is 10.9. The Kier molecular flexibility index (Phi) is 6.27. The van der Waals surface area contributed by atoms with Crippen molar-refractivity contribution in [3.8, 4) is 5.75 Å². The van der Waals surface area contributed by atoms with Gasteiger partial charge in [0.05, 0.1) is 13.2 Å². The number of rotatable bonds is 7. The number of hydrogen-bond acceptors (Lipinski definition) is 4. The van der Waals surface area contributed by atoms with E-state index in [-0.39, 0.29) is 28.2 Å². The molecule has 2 aromatic rings. The maximum Gasteiger partial charge on any atom is 0.251 e. The number of sulfonamides is 1. The molecule has 0 bridgehead atoms. The molecule has 0 spiro atoms. The highest BCUT2D eigenvalue weighted by atomic mass is 35.5. The monoisotopic (exact) mass is 422 g/mol. The molecular weight excluding hydrogens is 400 g/mol. The van der Waals surface area contributed by atoms with Crippen molar-refractivity contribution in [3.63, 3.8) is 0 Å². The third kappa shape index (κ3) is 4.32. The van der Waals surface area contributed by atoms with Gasteiger partial charge in [0.2, 0.25) is 10.0 Å². The fourth-order valence-electron chi connectivity index (χ4n) is 3.28. The SMILES string of the molecule is CNS(=O)(=O)c1cc(C(=O)NC(c2ccc(Cl)cc2)C2CCC2)ccc1OC. The van der Waals surface area contributed by atoms with Gasteiger partial charge in [-0.3, -0.25) is 4.79 Å². The molecule has 1 atom stereocenters. The molecule has 150 valence electrons. The number of methoxy groups -OCH3 is 1. The lowest BCUT2D eigenvalue weighted by molar-refractivity contribution is 0.0900. The Labute approximate surface area is 170 Å². The normalized spacial score (nSPS) is 15.5. The molecule has 1 fully saturated rings. The van der Waals surface area contributed by atoms with Crippen molar-refractivity contribution < 1.29 is 17.9 Å². The molecule has 0 saturated heterocycles. The second-order valence-corrected chi connectivity index (χ2v) is 9.06. The molecule has 6 nitrogen and oxygen atoms in total. The highest BCUT2D eigenvalue weighted by Gasteiger charge is 2.30. The predicted molar refractivity (Wildman–Crippen MR) is 108 cm³/mol. The topological polar surface area (TPSA) is 84.5 Å². The van der Waals surface area contributed by atoms with Crippen LogP contribution < -0.4 is 14.8 Å². The van der Waals surface area contributed by atoms with Gasteiger partial charge < -0.3 is 10.1 Å². The van der Waals surface area contributed by atoms with E-state index in [1.165, 1.54) is 26.3 Å². The first-order chi connectivity index (χ1) is 13.4. The van der Waals surface area contributed by atoms with Crippen LogP contribution in [0.1, 0.15) is 41.2 Å². The summed E-state index contributed by atoms with van der Waals surface area (Å²) in [5.74, 6) is 0.199. The van der Waals surface area contributed by atoms with Crippen molar-refractivity contribution in [2.75, 3.05) is 14.2 Å². The van der Waals surface area contributed by atoms with Crippen molar-refractivity contribution in [2.24, 2.45) is 5.92 Å². The lowest BCUT2D eigenvalue weighted by atomic mass is 9.77. The van der Waals surface area contributed by atoms with Crippen LogP contribution in [-0.4, -0.2) is 28.5 Å². The van der Waals surface area contributed by atoms with Gasteiger partial charge in [0.15, 0.2) is 0 Å². The van der Waals surface area contributed by atoms with Crippen LogP contribution >= 0.6 is 11.6 Å². The summed E-state index contributed by atoms with van der Waals surface area (Å²) in [4.78, 5) is 12.8. The van der Waals surface area contributed by atoms with E-state index in [9.17, 15) is 13.2 Å². The highest BCUT2D eigenvalue weighted by molar-refractivity contribution is 7.89. The number of amides is 1. The summed E-state index contributed by atoms with van der Waals surface area (Å²) in [5, 5.41) is 3.71. The van der Waals surface area contributed by atoms with Crippen molar-refractivity contribution in [2.45, 2.75) is 30.2 Å². The van der Waals surface area contributed by atoms with E-state index in [4.69, 9.17) is 16.3 Å². The number of ether oxygens (including phenoxy) is 1. The Morgan fingerprint density at radius 2 is 1.86 bits per heavy atom. The molecule has 1 amide bonds. The first kappa shape index (κ1) is 20.6.